The van der Waals surface area contributed by atoms with Gasteiger partial charge in [-0.05, 0) is 24.5 Å². The van der Waals surface area contributed by atoms with Crippen LogP contribution in [0, 0.1) is 0 Å². The molecule has 0 spiro atoms. The third-order valence-electron chi connectivity index (χ3n) is 4.09. The second kappa shape index (κ2) is 8.96. The summed E-state index contributed by atoms with van der Waals surface area (Å²) in [4.78, 5) is 23.6. The number of hydrogen-bond donors (Lipinski definition) is 3. The lowest BCUT2D eigenvalue weighted by molar-refractivity contribution is 0.0943. The van der Waals surface area contributed by atoms with E-state index in [4.69, 9.17) is 4.74 Å². The van der Waals surface area contributed by atoms with Crippen molar-refractivity contribution in [1.82, 2.24) is 20.3 Å². The van der Waals surface area contributed by atoms with Crippen LogP contribution >= 0.6 is 0 Å². The Morgan fingerprint density at radius 2 is 2.12 bits per heavy atom. The van der Waals surface area contributed by atoms with E-state index in [0.29, 0.717) is 31.2 Å². The van der Waals surface area contributed by atoms with E-state index >= 15 is 0 Å². The van der Waals surface area contributed by atoms with Gasteiger partial charge in [0.25, 0.3) is 5.91 Å². The third-order valence-corrected chi connectivity index (χ3v) is 4.09. The zero-order valence-corrected chi connectivity index (χ0v) is 14.8. The van der Waals surface area contributed by atoms with Crippen LogP contribution in [0.25, 0.3) is 10.9 Å². The summed E-state index contributed by atoms with van der Waals surface area (Å²) < 4.78 is 4.96. The molecule has 2 aromatic heterocycles. The smallest absolute Gasteiger partial charge is 0.270 e. The highest BCUT2D eigenvalue weighted by atomic mass is 16.5. The van der Waals surface area contributed by atoms with Gasteiger partial charge < -0.3 is 20.4 Å². The van der Waals surface area contributed by atoms with Gasteiger partial charge in [0.2, 0.25) is 0 Å². The Morgan fingerprint density at radius 3 is 3.00 bits per heavy atom. The molecule has 0 atom stereocenters. The van der Waals surface area contributed by atoms with Crippen LogP contribution in [-0.2, 0) is 11.2 Å². The number of methoxy groups -OCH3 is 1. The number of nitrogens with zero attached hydrogens (tertiary/aromatic N) is 2. The Bertz CT molecular complexity index is 862. The second-order valence-corrected chi connectivity index (χ2v) is 5.93. The summed E-state index contributed by atoms with van der Waals surface area (Å²) in [5.74, 6) is 0.435. The molecule has 0 saturated carbocycles. The number of aromatic amines is 1. The minimum atomic E-state index is -0.205. The Labute approximate surface area is 152 Å². The van der Waals surface area contributed by atoms with Crippen molar-refractivity contribution in [3.05, 3.63) is 54.1 Å². The Kier molecular flexibility index (Phi) is 6.16. The number of H-pyrrole nitrogens is 1. The minimum absolute atomic E-state index is 0.205. The maximum atomic E-state index is 12.1. The molecule has 3 aromatic rings. The number of fused-ring (bicyclic) bond motifs is 1. The lowest BCUT2D eigenvalue weighted by Gasteiger charge is -2.07. The van der Waals surface area contributed by atoms with Crippen LogP contribution in [0.1, 0.15) is 22.5 Å². The molecular formula is C19H23N5O2. The van der Waals surface area contributed by atoms with Gasteiger partial charge in [-0.15, -0.1) is 0 Å². The predicted octanol–water partition coefficient (Wildman–Crippen LogP) is 2.38. The molecule has 0 fully saturated rings. The SMILES string of the molecule is COCCCNC(=O)c1cc(NCCc2c[nH]c3ccccc23)ncn1. The van der Waals surface area contributed by atoms with Crippen molar-refractivity contribution in [2.24, 2.45) is 0 Å². The lowest BCUT2D eigenvalue weighted by Crippen LogP contribution is -2.26. The molecule has 0 bridgehead atoms. The Balaban J connectivity index is 1.53. The standard InChI is InChI=1S/C19H23N5O2/c1-26-10-4-8-21-19(25)17-11-18(24-13-23-17)20-9-7-14-12-22-16-6-3-2-5-15(14)16/h2-3,5-6,11-13,22H,4,7-10H2,1H3,(H,21,25)(H,20,23,24). The largest absolute Gasteiger partial charge is 0.385 e. The molecule has 136 valence electrons. The zero-order valence-electron chi connectivity index (χ0n) is 14.8. The zero-order chi connectivity index (χ0) is 18.2. The Morgan fingerprint density at radius 1 is 1.23 bits per heavy atom. The molecule has 0 aliphatic rings. The van der Waals surface area contributed by atoms with E-state index in [9.17, 15) is 4.79 Å². The Hall–Kier alpha value is -2.93. The summed E-state index contributed by atoms with van der Waals surface area (Å²) in [6.07, 6.45) is 5.05. The summed E-state index contributed by atoms with van der Waals surface area (Å²) in [6, 6.07) is 9.89. The minimum Gasteiger partial charge on any atom is -0.385 e. The summed E-state index contributed by atoms with van der Waals surface area (Å²) in [5.41, 5.74) is 2.74. The van der Waals surface area contributed by atoms with Gasteiger partial charge in [-0.2, -0.15) is 0 Å². The van der Waals surface area contributed by atoms with Gasteiger partial charge in [0.15, 0.2) is 0 Å². The molecule has 7 heteroatoms. The molecular weight excluding hydrogens is 330 g/mol. The topological polar surface area (TPSA) is 91.9 Å². The number of carbonyl (C=O) groups excluding carboxylic acids is 1. The normalized spacial score (nSPS) is 10.8. The highest BCUT2D eigenvalue weighted by Gasteiger charge is 2.08. The molecule has 26 heavy (non-hydrogen) atoms. The van der Waals surface area contributed by atoms with Crippen LogP contribution in [0.2, 0.25) is 0 Å². The van der Waals surface area contributed by atoms with E-state index in [1.807, 2.05) is 18.3 Å². The highest BCUT2D eigenvalue weighted by Crippen LogP contribution is 2.18. The maximum absolute atomic E-state index is 12.1. The van der Waals surface area contributed by atoms with Gasteiger partial charge in [-0.1, -0.05) is 18.2 Å². The van der Waals surface area contributed by atoms with Crippen molar-refractivity contribution in [1.29, 1.82) is 0 Å². The fourth-order valence-corrected chi connectivity index (χ4v) is 2.75. The summed E-state index contributed by atoms with van der Waals surface area (Å²) in [5, 5.41) is 7.30. The lowest BCUT2D eigenvalue weighted by atomic mass is 10.1. The van der Waals surface area contributed by atoms with Gasteiger partial charge in [0.1, 0.15) is 17.8 Å². The van der Waals surface area contributed by atoms with Gasteiger partial charge >= 0.3 is 0 Å². The van der Waals surface area contributed by atoms with Crippen molar-refractivity contribution in [2.45, 2.75) is 12.8 Å². The molecule has 2 heterocycles. The molecule has 0 aliphatic heterocycles. The van der Waals surface area contributed by atoms with Crippen LogP contribution in [0.3, 0.4) is 0 Å². The van der Waals surface area contributed by atoms with Crippen LogP contribution in [-0.4, -0.2) is 47.7 Å². The van der Waals surface area contributed by atoms with Crippen molar-refractivity contribution >= 4 is 22.6 Å². The fraction of sp³-hybridized carbons (Fsp3) is 0.316. The first-order chi connectivity index (χ1) is 12.8. The number of carbonyl (C=O) groups is 1. The van der Waals surface area contributed by atoms with Crippen molar-refractivity contribution in [3.63, 3.8) is 0 Å². The molecule has 1 aromatic carbocycles. The molecule has 1 amide bonds. The molecule has 0 saturated heterocycles. The number of benzene rings is 1. The van der Waals surface area contributed by atoms with E-state index in [0.717, 1.165) is 18.4 Å². The molecule has 0 unspecified atom stereocenters. The van der Waals surface area contributed by atoms with Gasteiger partial charge in [0, 0.05) is 50.0 Å². The number of ether oxygens (including phenoxy) is 1. The fourth-order valence-electron chi connectivity index (χ4n) is 2.75. The third kappa shape index (κ3) is 4.58. The quantitative estimate of drug-likeness (QED) is 0.514. The van der Waals surface area contributed by atoms with Gasteiger partial charge in [-0.25, -0.2) is 9.97 Å². The average Bonchev–Trinajstić information content (AvgIpc) is 3.09. The predicted molar refractivity (Wildman–Crippen MR) is 101 cm³/mol. The molecule has 3 rings (SSSR count). The van der Waals surface area contributed by atoms with Crippen LogP contribution in [0.15, 0.2) is 42.9 Å². The number of aromatic nitrogens is 3. The van der Waals surface area contributed by atoms with Crippen molar-refractivity contribution in [3.8, 4) is 0 Å². The first-order valence-corrected chi connectivity index (χ1v) is 8.66. The van der Waals surface area contributed by atoms with Gasteiger partial charge in [-0.3, -0.25) is 4.79 Å². The molecule has 3 N–H and O–H groups in total. The number of nitrogens with one attached hydrogen (secondary N) is 3. The number of para-hydroxylation sites is 1. The van der Waals surface area contributed by atoms with Crippen molar-refractivity contribution < 1.29 is 9.53 Å². The summed E-state index contributed by atoms with van der Waals surface area (Å²) in [6.45, 7) is 1.89. The molecule has 7 nitrogen and oxygen atoms in total. The van der Waals surface area contributed by atoms with E-state index in [1.54, 1.807) is 13.2 Å². The van der Waals surface area contributed by atoms with Crippen LogP contribution in [0.5, 0.6) is 0 Å². The van der Waals surface area contributed by atoms with Crippen molar-refractivity contribution in [2.75, 3.05) is 32.1 Å². The molecule has 0 aliphatic carbocycles. The number of rotatable bonds is 9. The first kappa shape index (κ1) is 17.9. The highest BCUT2D eigenvalue weighted by molar-refractivity contribution is 5.92. The first-order valence-electron chi connectivity index (χ1n) is 8.66. The number of hydrogen-bond acceptors (Lipinski definition) is 5. The average molecular weight is 353 g/mol. The molecule has 0 radical (unpaired) electrons. The number of anilines is 1. The van der Waals surface area contributed by atoms with Crippen LogP contribution in [0.4, 0.5) is 5.82 Å². The van der Waals surface area contributed by atoms with E-state index in [1.165, 1.54) is 17.3 Å². The maximum Gasteiger partial charge on any atom is 0.270 e. The van der Waals surface area contributed by atoms with Gasteiger partial charge in [0.05, 0.1) is 0 Å². The summed E-state index contributed by atoms with van der Waals surface area (Å²) >= 11 is 0. The van der Waals surface area contributed by atoms with Crippen LogP contribution < -0.4 is 10.6 Å². The second-order valence-electron chi connectivity index (χ2n) is 5.93. The van der Waals surface area contributed by atoms with E-state index in [2.05, 4.69) is 37.7 Å². The summed E-state index contributed by atoms with van der Waals surface area (Å²) in [7, 11) is 1.64. The van der Waals surface area contributed by atoms with E-state index < -0.39 is 0 Å². The number of amides is 1. The van der Waals surface area contributed by atoms with E-state index in [-0.39, 0.29) is 5.91 Å². The monoisotopic (exact) mass is 353 g/mol.